The number of hydrogen-bond acceptors (Lipinski definition) is 3. The molecule has 0 spiro atoms. The molecule has 4 aliphatic rings. The predicted molar refractivity (Wildman–Crippen MR) is 95.4 cm³/mol. The Kier molecular flexibility index (Phi) is 2.28. The van der Waals surface area contributed by atoms with Crippen molar-refractivity contribution in [2.24, 2.45) is 29.1 Å². The van der Waals surface area contributed by atoms with Crippen LogP contribution in [0.4, 0.5) is 0 Å². The van der Waals surface area contributed by atoms with Gasteiger partial charge in [0.2, 0.25) is 0 Å². The third-order valence-corrected chi connectivity index (χ3v) is 6.66. The standard InChI is InChI=1S/C22H28O3/c1-4-22(25-14(2)23)12-10-20-19-7-5-15-13-16(24)6-8-17(15)18(19)9-11-21(20,22)3/h1,13,17-20H,5-12H2,2-3H3/t17-,18?,19?,20?,21-,22-/m0/s1/i5D2,6D2,12D2,13D,17D. The van der Waals surface area contributed by atoms with E-state index in [0.717, 1.165) is 0 Å². The number of carbonyl (C=O) groups excluding carboxylic acids is 2. The smallest absolute Gasteiger partial charge is 0.304 e. The third kappa shape index (κ3) is 2.33. The Morgan fingerprint density at radius 1 is 1.40 bits per heavy atom. The van der Waals surface area contributed by atoms with Gasteiger partial charge in [-0.2, -0.15) is 0 Å². The molecule has 4 rings (SSSR count). The van der Waals surface area contributed by atoms with Crippen molar-refractivity contribution in [2.45, 2.75) is 70.7 Å². The summed E-state index contributed by atoms with van der Waals surface area (Å²) in [5.74, 6) is -2.84. The number of carbonyl (C=O) groups is 2. The van der Waals surface area contributed by atoms with E-state index >= 15 is 0 Å². The monoisotopic (exact) mass is 348 g/mol. The number of rotatable bonds is 1. The largest absolute Gasteiger partial charge is 0.445 e. The first-order chi connectivity index (χ1) is 14.9. The van der Waals surface area contributed by atoms with Crippen LogP contribution in [0.25, 0.3) is 0 Å². The van der Waals surface area contributed by atoms with Crippen molar-refractivity contribution in [3.63, 3.8) is 0 Å². The van der Waals surface area contributed by atoms with E-state index in [2.05, 4.69) is 5.92 Å². The van der Waals surface area contributed by atoms with Crippen molar-refractivity contribution in [1.29, 1.82) is 0 Å². The van der Waals surface area contributed by atoms with E-state index in [0.29, 0.717) is 6.42 Å². The summed E-state index contributed by atoms with van der Waals surface area (Å²) in [6, 6.07) is -0.752. The SMILES string of the molecule is [2H]C1=C2C([2H])([2H])CC3C(CC[C@@]4(C)C3CC([2H])([2H])[C@]4(C#C)OC(C)=O)[C@@]2([2H])CC([2H])([2H])C1=O. The highest BCUT2D eigenvalue weighted by molar-refractivity contribution is 5.91. The molecule has 3 nitrogen and oxygen atoms in total. The van der Waals surface area contributed by atoms with Crippen LogP contribution in [0.5, 0.6) is 0 Å². The summed E-state index contributed by atoms with van der Waals surface area (Å²) >= 11 is 0. The molecule has 134 valence electrons. The lowest BCUT2D eigenvalue weighted by Crippen LogP contribution is -2.53. The molecular weight excluding hydrogens is 312 g/mol. The van der Waals surface area contributed by atoms with Crippen LogP contribution in [-0.4, -0.2) is 17.4 Å². The topological polar surface area (TPSA) is 43.4 Å². The van der Waals surface area contributed by atoms with Gasteiger partial charge in [0.05, 0.1) is 1.37 Å². The highest BCUT2D eigenvalue weighted by atomic mass is 16.6. The fraction of sp³-hybridized carbons (Fsp3) is 0.727. The zero-order valence-electron chi connectivity index (χ0n) is 22.6. The second kappa shape index (κ2) is 5.73. The van der Waals surface area contributed by atoms with Gasteiger partial charge in [-0.15, -0.1) is 6.42 Å². The van der Waals surface area contributed by atoms with Crippen LogP contribution in [0, 0.1) is 41.4 Å². The van der Waals surface area contributed by atoms with Crippen LogP contribution in [0.2, 0.25) is 0 Å². The van der Waals surface area contributed by atoms with Crippen molar-refractivity contribution < 1.29 is 25.3 Å². The summed E-state index contributed by atoms with van der Waals surface area (Å²) in [5.41, 5.74) is -3.12. The van der Waals surface area contributed by atoms with E-state index < -0.39 is 78.0 Å². The van der Waals surface area contributed by atoms with Crippen LogP contribution >= 0.6 is 0 Å². The number of esters is 1. The first kappa shape index (κ1) is 9.95. The van der Waals surface area contributed by atoms with E-state index in [1.807, 2.05) is 0 Å². The molecule has 4 aliphatic carbocycles. The summed E-state index contributed by atoms with van der Waals surface area (Å²) in [7, 11) is 0. The zero-order chi connectivity index (χ0) is 25.0. The molecule has 0 heterocycles. The van der Waals surface area contributed by atoms with Gasteiger partial charge < -0.3 is 4.74 Å². The number of allylic oxidation sites excluding steroid dienone is 1. The van der Waals surface area contributed by atoms with Gasteiger partial charge >= 0.3 is 5.97 Å². The zero-order valence-corrected chi connectivity index (χ0v) is 14.6. The van der Waals surface area contributed by atoms with Gasteiger partial charge in [-0.25, -0.2) is 0 Å². The molecular formula is C22H28O3. The molecule has 3 fully saturated rings. The molecule has 0 N–H and O–H groups in total. The van der Waals surface area contributed by atoms with Gasteiger partial charge in [0.1, 0.15) is 0 Å². The number of terminal acetylenes is 1. The summed E-state index contributed by atoms with van der Waals surface area (Å²) < 4.78 is 74.2. The summed E-state index contributed by atoms with van der Waals surface area (Å²) in [6.45, 7) is 2.93. The number of ketones is 1. The third-order valence-electron chi connectivity index (χ3n) is 6.66. The van der Waals surface area contributed by atoms with Crippen LogP contribution in [-0.2, 0) is 14.3 Å². The summed E-state index contributed by atoms with van der Waals surface area (Å²) in [4.78, 5) is 24.4. The maximum atomic E-state index is 12.4. The van der Waals surface area contributed by atoms with Crippen molar-refractivity contribution in [3.8, 4) is 12.3 Å². The molecule has 25 heavy (non-hydrogen) atoms. The van der Waals surface area contributed by atoms with Crippen LogP contribution in [0.15, 0.2) is 11.6 Å². The first-order valence-corrected chi connectivity index (χ1v) is 8.84. The minimum atomic E-state index is -2.45. The fourth-order valence-corrected chi connectivity index (χ4v) is 5.40. The lowest BCUT2D eigenvalue weighted by molar-refractivity contribution is -0.167. The number of hydrogen-bond donors (Lipinski definition) is 0. The highest BCUT2D eigenvalue weighted by Gasteiger charge is 2.64. The molecule has 0 amide bonds. The normalized spacial score (nSPS) is 59.6. The Labute approximate surface area is 161 Å². The molecule has 0 radical (unpaired) electrons. The van der Waals surface area contributed by atoms with Crippen LogP contribution in [0.1, 0.15) is 76.0 Å². The van der Waals surface area contributed by atoms with E-state index in [9.17, 15) is 11.0 Å². The Morgan fingerprint density at radius 2 is 2.20 bits per heavy atom. The first-order valence-electron chi connectivity index (χ1n) is 12.8. The Hall–Kier alpha value is -1.56. The molecule has 0 aromatic carbocycles. The van der Waals surface area contributed by atoms with Gasteiger partial charge in [0, 0.05) is 28.3 Å². The van der Waals surface area contributed by atoms with Gasteiger partial charge in [-0.3, -0.25) is 9.59 Å². The maximum absolute atomic E-state index is 12.4. The molecule has 0 aromatic rings. The molecule has 3 unspecified atom stereocenters. The molecule has 6 atom stereocenters. The minimum Gasteiger partial charge on any atom is -0.445 e. The van der Waals surface area contributed by atoms with Gasteiger partial charge in [0.25, 0.3) is 0 Å². The fourth-order valence-electron chi connectivity index (χ4n) is 5.40. The quantitative estimate of drug-likeness (QED) is 0.530. The lowest BCUT2D eigenvalue weighted by Gasteiger charge is -2.55. The second-order valence-corrected chi connectivity index (χ2v) is 7.72. The second-order valence-electron chi connectivity index (χ2n) is 7.72. The average molecular weight is 349 g/mol. The minimum absolute atomic E-state index is 0.0904. The van der Waals surface area contributed by atoms with Gasteiger partial charge in [0.15, 0.2) is 11.4 Å². The predicted octanol–water partition coefficient (Wildman–Crippen LogP) is 4.06. The molecule has 0 saturated heterocycles. The molecule has 0 aliphatic heterocycles. The molecule has 0 aromatic heterocycles. The van der Waals surface area contributed by atoms with Gasteiger partial charge in [-0.05, 0) is 74.5 Å². The maximum Gasteiger partial charge on any atom is 0.304 e. The van der Waals surface area contributed by atoms with E-state index in [1.54, 1.807) is 6.92 Å². The van der Waals surface area contributed by atoms with Crippen molar-refractivity contribution in [1.82, 2.24) is 0 Å². The van der Waals surface area contributed by atoms with E-state index in [-0.39, 0.29) is 24.8 Å². The van der Waals surface area contributed by atoms with E-state index in [1.165, 1.54) is 6.92 Å². The van der Waals surface area contributed by atoms with Crippen molar-refractivity contribution in [3.05, 3.63) is 11.6 Å². The Bertz CT molecular complexity index is 1010. The highest BCUT2D eigenvalue weighted by Crippen LogP contribution is 2.65. The number of ether oxygens (including phenoxy) is 1. The average Bonchev–Trinajstić information content (AvgIpc) is 2.82. The van der Waals surface area contributed by atoms with Crippen LogP contribution in [0.3, 0.4) is 0 Å². The number of fused-ring (bicyclic) bond motifs is 5. The molecule has 0 bridgehead atoms. The molecule has 3 saturated carbocycles. The van der Waals surface area contributed by atoms with Crippen molar-refractivity contribution >= 4 is 11.8 Å². The van der Waals surface area contributed by atoms with Crippen LogP contribution < -0.4 is 0 Å². The van der Waals surface area contributed by atoms with E-state index in [4.69, 9.17) is 20.8 Å². The molecule has 3 heteroatoms. The van der Waals surface area contributed by atoms with Gasteiger partial charge in [-0.1, -0.05) is 18.4 Å². The van der Waals surface area contributed by atoms with Crippen molar-refractivity contribution in [2.75, 3.05) is 0 Å². The summed E-state index contributed by atoms with van der Waals surface area (Å²) in [6.07, 6.45) is -1.13. The Morgan fingerprint density at radius 3 is 2.92 bits per heavy atom. The lowest BCUT2D eigenvalue weighted by atomic mass is 9.50. The Balaban J connectivity index is 1.88. The summed E-state index contributed by atoms with van der Waals surface area (Å²) in [5, 5.41) is 0.